The molecule has 33 heavy (non-hydrogen) atoms. The molecule has 1 fully saturated rings. The van der Waals surface area contributed by atoms with Gasteiger partial charge in [0.1, 0.15) is 17.1 Å². The molecule has 1 aliphatic rings. The van der Waals surface area contributed by atoms with Gasteiger partial charge >= 0.3 is 0 Å². The smallest absolute Gasteiger partial charge is 0.240 e. The number of methoxy groups -OCH3 is 1. The first kappa shape index (κ1) is 22.8. The number of nitrogens with zero attached hydrogens (tertiary/aromatic N) is 1. The van der Waals surface area contributed by atoms with Crippen LogP contribution in [0.4, 0.5) is 5.69 Å². The van der Waals surface area contributed by atoms with Crippen LogP contribution in [0, 0.1) is 12.8 Å². The maximum atomic E-state index is 12.6. The Bertz CT molecular complexity index is 1260. The van der Waals surface area contributed by atoms with Gasteiger partial charge in [-0.3, -0.25) is 4.79 Å². The maximum absolute atomic E-state index is 12.6. The standard InChI is InChI=1S/C24H25N3O5S/c1-16-23(26-24(28)19-8-9-19)22(32-27-16)14-7-17-5-12-21(13-6-17)33(29,30)25-15-18-3-10-20(31-2)11-4-18/h3-7,10-14,19,25H,8-9,15H2,1-2H3,(H,26,28). The lowest BCUT2D eigenvalue weighted by molar-refractivity contribution is -0.117. The number of aromatic nitrogens is 1. The number of carbonyl (C=O) groups is 1. The van der Waals surface area contributed by atoms with Crippen LogP contribution in [0.2, 0.25) is 0 Å². The molecule has 9 heteroatoms. The third-order valence-electron chi connectivity index (χ3n) is 5.33. The van der Waals surface area contributed by atoms with E-state index in [1.54, 1.807) is 50.5 Å². The van der Waals surface area contributed by atoms with Gasteiger partial charge < -0.3 is 14.6 Å². The van der Waals surface area contributed by atoms with Gasteiger partial charge in [-0.1, -0.05) is 35.5 Å². The van der Waals surface area contributed by atoms with Gasteiger partial charge in [-0.15, -0.1) is 0 Å². The molecule has 172 valence electrons. The Morgan fingerprint density at radius 1 is 1.12 bits per heavy atom. The minimum Gasteiger partial charge on any atom is -0.497 e. The SMILES string of the molecule is COc1ccc(CNS(=O)(=O)c2ccc(C=Cc3onc(C)c3NC(=O)C3CC3)cc2)cc1. The summed E-state index contributed by atoms with van der Waals surface area (Å²) in [4.78, 5) is 12.3. The topological polar surface area (TPSA) is 111 Å². The minimum absolute atomic E-state index is 0.0207. The van der Waals surface area contributed by atoms with Gasteiger partial charge in [-0.25, -0.2) is 13.1 Å². The summed E-state index contributed by atoms with van der Waals surface area (Å²) in [6.07, 6.45) is 5.29. The molecule has 1 heterocycles. The summed E-state index contributed by atoms with van der Waals surface area (Å²) < 4.78 is 38.3. The first-order chi connectivity index (χ1) is 15.9. The molecule has 1 aliphatic carbocycles. The summed E-state index contributed by atoms with van der Waals surface area (Å²) in [5, 5.41) is 6.81. The first-order valence-electron chi connectivity index (χ1n) is 10.5. The van der Waals surface area contributed by atoms with Crippen LogP contribution in [-0.2, 0) is 21.4 Å². The number of anilines is 1. The van der Waals surface area contributed by atoms with E-state index in [1.807, 2.05) is 12.1 Å². The lowest BCUT2D eigenvalue weighted by Gasteiger charge is -2.08. The van der Waals surface area contributed by atoms with E-state index in [0.717, 1.165) is 24.0 Å². The Balaban J connectivity index is 1.40. The summed E-state index contributed by atoms with van der Waals surface area (Å²) >= 11 is 0. The van der Waals surface area contributed by atoms with Crippen molar-refractivity contribution in [3.8, 4) is 5.75 Å². The van der Waals surface area contributed by atoms with Gasteiger partial charge in [-0.2, -0.15) is 0 Å². The molecule has 0 radical (unpaired) electrons. The maximum Gasteiger partial charge on any atom is 0.240 e. The van der Waals surface area contributed by atoms with Gasteiger partial charge in [0.05, 0.1) is 12.0 Å². The monoisotopic (exact) mass is 467 g/mol. The molecule has 0 spiro atoms. The second-order valence-corrected chi connectivity index (χ2v) is 9.61. The highest BCUT2D eigenvalue weighted by Crippen LogP contribution is 2.32. The van der Waals surface area contributed by atoms with E-state index in [0.29, 0.717) is 22.9 Å². The van der Waals surface area contributed by atoms with Gasteiger partial charge in [0.2, 0.25) is 15.9 Å². The van der Waals surface area contributed by atoms with Crippen molar-refractivity contribution in [1.82, 2.24) is 9.88 Å². The average molecular weight is 468 g/mol. The number of carbonyl (C=O) groups excluding carboxylic acids is 1. The predicted octanol–water partition coefficient (Wildman–Crippen LogP) is 3.99. The van der Waals surface area contributed by atoms with Crippen LogP contribution in [0.15, 0.2) is 57.9 Å². The molecular formula is C24H25N3O5S. The van der Waals surface area contributed by atoms with Crippen LogP contribution >= 0.6 is 0 Å². The summed E-state index contributed by atoms with van der Waals surface area (Å²) in [6.45, 7) is 1.94. The van der Waals surface area contributed by atoms with E-state index in [4.69, 9.17) is 9.26 Å². The molecule has 0 atom stereocenters. The average Bonchev–Trinajstić information content (AvgIpc) is 3.62. The van der Waals surface area contributed by atoms with Crippen molar-refractivity contribution in [3.05, 3.63) is 71.1 Å². The molecule has 2 N–H and O–H groups in total. The Hall–Kier alpha value is -3.43. The van der Waals surface area contributed by atoms with Crippen molar-refractivity contribution in [2.24, 2.45) is 5.92 Å². The molecule has 8 nitrogen and oxygen atoms in total. The second-order valence-electron chi connectivity index (χ2n) is 7.85. The molecule has 1 aromatic heterocycles. The number of nitrogens with one attached hydrogen (secondary N) is 2. The van der Waals surface area contributed by atoms with Crippen LogP contribution < -0.4 is 14.8 Å². The van der Waals surface area contributed by atoms with Gasteiger partial charge in [0.25, 0.3) is 0 Å². The van der Waals surface area contributed by atoms with Crippen LogP contribution in [-0.4, -0.2) is 26.6 Å². The molecular weight excluding hydrogens is 442 g/mol. The number of sulfonamides is 1. The van der Waals surface area contributed by atoms with E-state index in [-0.39, 0.29) is 23.3 Å². The summed E-state index contributed by atoms with van der Waals surface area (Å²) in [7, 11) is -2.08. The lowest BCUT2D eigenvalue weighted by atomic mass is 10.2. The number of benzene rings is 2. The van der Waals surface area contributed by atoms with Crippen LogP contribution in [0.3, 0.4) is 0 Å². The zero-order chi connectivity index (χ0) is 23.4. The Labute approximate surface area is 192 Å². The molecule has 3 aromatic rings. The highest BCUT2D eigenvalue weighted by Gasteiger charge is 2.30. The second kappa shape index (κ2) is 9.60. The number of hydrogen-bond donors (Lipinski definition) is 2. The van der Waals surface area contributed by atoms with E-state index in [9.17, 15) is 13.2 Å². The molecule has 0 unspecified atom stereocenters. The highest BCUT2D eigenvalue weighted by molar-refractivity contribution is 7.89. The largest absolute Gasteiger partial charge is 0.497 e. The lowest BCUT2D eigenvalue weighted by Crippen LogP contribution is -2.23. The number of aryl methyl sites for hydroxylation is 1. The first-order valence-corrected chi connectivity index (χ1v) is 12.0. The van der Waals surface area contributed by atoms with Crippen LogP contribution in [0.25, 0.3) is 12.2 Å². The van der Waals surface area contributed by atoms with Crippen LogP contribution in [0.5, 0.6) is 5.75 Å². The number of rotatable bonds is 9. The van der Waals surface area contributed by atoms with E-state index in [1.165, 1.54) is 12.1 Å². The molecule has 0 bridgehead atoms. The quantitative estimate of drug-likeness (QED) is 0.492. The molecule has 1 saturated carbocycles. The summed E-state index contributed by atoms with van der Waals surface area (Å²) in [5.74, 6) is 1.21. The fraction of sp³-hybridized carbons (Fsp3) is 0.250. The Morgan fingerprint density at radius 2 is 1.82 bits per heavy atom. The third kappa shape index (κ3) is 5.68. The van der Waals surface area contributed by atoms with Crippen molar-refractivity contribution in [3.63, 3.8) is 0 Å². The van der Waals surface area contributed by atoms with Crippen molar-refractivity contribution >= 4 is 33.8 Å². The third-order valence-corrected chi connectivity index (χ3v) is 6.75. The normalized spacial score (nSPS) is 13.9. The highest BCUT2D eigenvalue weighted by atomic mass is 32.2. The Morgan fingerprint density at radius 3 is 2.45 bits per heavy atom. The van der Waals surface area contributed by atoms with Crippen molar-refractivity contribution < 1.29 is 22.5 Å². The number of ether oxygens (including phenoxy) is 1. The van der Waals surface area contributed by atoms with E-state index in [2.05, 4.69) is 15.2 Å². The summed E-state index contributed by atoms with van der Waals surface area (Å²) in [6, 6.07) is 13.7. The molecule has 4 rings (SSSR count). The summed E-state index contributed by atoms with van der Waals surface area (Å²) in [5.41, 5.74) is 2.77. The van der Waals surface area contributed by atoms with Crippen molar-refractivity contribution in [2.45, 2.75) is 31.2 Å². The van der Waals surface area contributed by atoms with Crippen molar-refractivity contribution in [2.75, 3.05) is 12.4 Å². The minimum atomic E-state index is -3.66. The number of hydrogen-bond acceptors (Lipinski definition) is 6. The molecule has 2 aromatic carbocycles. The van der Waals surface area contributed by atoms with E-state index < -0.39 is 10.0 Å². The molecule has 0 aliphatic heterocycles. The molecule has 0 saturated heterocycles. The van der Waals surface area contributed by atoms with Gasteiger partial charge in [0, 0.05) is 12.5 Å². The Kier molecular flexibility index (Phi) is 6.62. The van der Waals surface area contributed by atoms with E-state index >= 15 is 0 Å². The van der Waals surface area contributed by atoms with Gasteiger partial charge in [0.15, 0.2) is 5.76 Å². The van der Waals surface area contributed by atoms with Crippen LogP contribution in [0.1, 0.15) is 35.4 Å². The fourth-order valence-electron chi connectivity index (χ4n) is 3.16. The predicted molar refractivity (Wildman–Crippen MR) is 125 cm³/mol. The molecule has 1 amide bonds. The fourth-order valence-corrected chi connectivity index (χ4v) is 4.18. The zero-order valence-electron chi connectivity index (χ0n) is 18.4. The number of amides is 1. The van der Waals surface area contributed by atoms with Gasteiger partial charge in [-0.05, 0) is 61.2 Å². The van der Waals surface area contributed by atoms with Crippen molar-refractivity contribution in [1.29, 1.82) is 0 Å². The zero-order valence-corrected chi connectivity index (χ0v) is 19.2.